The number of rotatable bonds is 6. The maximum absolute atomic E-state index is 2.64. The van der Waals surface area contributed by atoms with Gasteiger partial charge in [0.1, 0.15) is 0 Å². The Balaban J connectivity index is 2.38. The van der Waals surface area contributed by atoms with E-state index in [1.807, 2.05) is 0 Å². The molecule has 0 aromatic rings. The number of hydrogen-bond donors (Lipinski definition) is 0. The maximum atomic E-state index is 2.64. The normalized spacial score (nSPS) is 26.6. The second kappa shape index (κ2) is 7.29. The molecule has 2 nitrogen and oxygen atoms in total. The Morgan fingerprint density at radius 3 is 1.06 bits per heavy atom. The zero-order valence-electron chi connectivity index (χ0n) is 11.7. The Morgan fingerprint density at radius 2 is 0.875 bits per heavy atom. The van der Waals surface area contributed by atoms with Crippen molar-refractivity contribution in [1.82, 2.24) is 9.80 Å². The third-order valence-electron chi connectivity index (χ3n) is 4.32. The van der Waals surface area contributed by atoms with Gasteiger partial charge in [0.2, 0.25) is 0 Å². The molecule has 1 aliphatic rings. The highest BCUT2D eigenvalue weighted by atomic mass is 15.2. The van der Waals surface area contributed by atoms with E-state index in [0.717, 1.165) is 12.1 Å². The lowest BCUT2D eigenvalue weighted by Crippen LogP contribution is -2.44. The van der Waals surface area contributed by atoms with E-state index in [0.29, 0.717) is 0 Å². The van der Waals surface area contributed by atoms with Crippen LogP contribution < -0.4 is 0 Å². The van der Waals surface area contributed by atoms with E-state index in [2.05, 4.69) is 37.5 Å². The van der Waals surface area contributed by atoms with Crippen LogP contribution in [0.2, 0.25) is 0 Å². The second-order valence-electron chi connectivity index (χ2n) is 4.90. The van der Waals surface area contributed by atoms with Crippen LogP contribution in [0.5, 0.6) is 0 Å². The fourth-order valence-corrected chi connectivity index (χ4v) is 3.27. The fraction of sp³-hybridized carbons (Fsp3) is 1.00. The molecule has 96 valence electrons. The molecular weight excluding hydrogens is 196 g/mol. The summed E-state index contributed by atoms with van der Waals surface area (Å²) >= 11 is 0. The van der Waals surface area contributed by atoms with Crippen molar-refractivity contribution in [2.75, 3.05) is 26.2 Å². The molecule has 2 heteroatoms. The average molecular weight is 226 g/mol. The van der Waals surface area contributed by atoms with Crippen molar-refractivity contribution in [3.05, 3.63) is 0 Å². The Labute approximate surface area is 102 Å². The monoisotopic (exact) mass is 226 g/mol. The SMILES string of the molecule is CCN(CC)C1CCC(N(CC)CC)CC1. The summed E-state index contributed by atoms with van der Waals surface area (Å²) in [5.41, 5.74) is 0. The minimum Gasteiger partial charge on any atom is -0.301 e. The van der Waals surface area contributed by atoms with Gasteiger partial charge in [-0.3, -0.25) is 0 Å². The molecule has 0 aromatic heterocycles. The summed E-state index contributed by atoms with van der Waals surface area (Å²) in [6.45, 7) is 14.0. The highest BCUT2D eigenvalue weighted by Gasteiger charge is 2.26. The Bertz CT molecular complexity index is 146. The van der Waals surface area contributed by atoms with Gasteiger partial charge in [0.05, 0.1) is 0 Å². The van der Waals surface area contributed by atoms with Crippen LogP contribution in [0.3, 0.4) is 0 Å². The van der Waals surface area contributed by atoms with Crippen molar-refractivity contribution in [1.29, 1.82) is 0 Å². The molecule has 0 saturated heterocycles. The average Bonchev–Trinajstić information content (AvgIpc) is 2.34. The summed E-state index contributed by atoms with van der Waals surface area (Å²) in [4.78, 5) is 5.27. The van der Waals surface area contributed by atoms with E-state index >= 15 is 0 Å². The van der Waals surface area contributed by atoms with E-state index in [1.54, 1.807) is 0 Å². The highest BCUT2D eigenvalue weighted by molar-refractivity contribution is 4.83. The lowest BCUT2D eigenvalue weighted by atomic mass is 9.89. The second-order valence-corrected chi connectivity index (χ2v) is 4.90. The predicted molar refractivity (Wildman–Crippen MR) is 71.9 cm³/mol. The van der Waals surface area contributed by atoms with E-state index in [-0.39, 0.29) is 0 Å². The van der Waals surface area contributed by atoms with Gasteiger partial charge in [0.25, 0.3) is 0 Å². The van der Waals surface area contributed by atoms with Gasteiger partial charge in [-0.05, 0) is 51.9 Å². The standard InChI is InChI=1S/C14H30N2/c1-5-15(6-2)13-9-11-14(12-10-13)16(7-3)8-4/h13-14H,5-12H2,1-4H3. The van der Waals surface area contributed by atoms with E-state index in [1.165, 1.54) is 51.9 Å². The molecule has 0 unspecified atom stereocenters. The van der Waals surface area contributed by atoms with Gasteiger partial charge < -0.3 is 9.80 Å². The summed E-state index contributed by atoms with van der Waals surface area (Å²) in [7, 11) is 0. The van der Waals surface area contributed by atoms with Crippen molar-refractivity contribution in [2.24, 2.45) is 0 Å². The number of hydrogen-bond acceptors (Lipinski definition) is 2. The summed E-state index contributed by atoms with van der Waals surface area (Å²) in [6, 6.07) is 1.73. The van der Waals surface area contributed by atoms with Crippen LogP contribution in [0.25, 0.3) is 0 Å². The third-order valence-corrected chi connectivity index (χ3v) is 4.32. The van der Waals surface area contributed by atoms with Crippen molar-refractivity contribution in [2.45, 2.75) is 65.5 Å². The molecule has 0 aliphatic heterocycles. The molecule has 0 spiro atoms. The van der Waals surface area contributed by atoms with E-state index in [4.69, 9.17) is 0 Å². The first kappa shape index (κ1) is 14.0. The van der Waals surface area contributed by atoms with Crippen molar-refractivity contribution in [3.63, 3.8) is 0 Å². The molecule has 0 amide bonds. The molecule has 1 fully saturated rings. The molecule has 0 radical (unpaired) electrons. The molecule has 0 aromatic carbocycles. The van der Waals surface area contributed by atoms with Crippen LogP contribution in [-0.2, 0) is 0 Å². The maximum Gasteiger partial charge on any atom is 0.00961 e. The summed E-state index contributed by atoms with van der Waals surface area (Å²) in [5.74, 6) is 0. The van der Waals surface area contributed by atoms with Crippen LogP contribution in [0.1, 0.15) is 53.4 Å². The van der Waals surface area contributed by atoms with Crippen LogP contribution in [0.4, 0.5) is 0 Å². The molecule has 0 N–H and O–H groups in total. The molecule has 0 heterocycles. The summed E-state index contributed by atoms with van der Waals surface area (Å²) < 4.78 is 0. The van der Waals surface area contributed by atoms with Gasteiger partial charge >= 0.3 is 0 Å². The smallest absolute Gasteiger partial charge is 0.00961 e. The largest absolute Gasteiger partial charge is 0.301 e. The van der Waals surface area contributed by atoms with Crippen LogP contribution >= 0.6 is 0 Å². The molecule has 1 saturated carbocycles. The van der Waals surface area contributed by atoms with E-state index in [9.17, 15) is 0 Å². The first-order chi connectivity index (χ1) is 7.76. The molecular formula is C14H30N2. The van der Waals surface area contributed by atoms with Gasteiger partial charge in [-0.25, -0.2) is 0 Å². The number of nitrogens with zero attached hydrogens (tertiary/aromatic N) is 2. The molecule has 16 heavy (non-hydrogen) atoms. The molecule has 0 atom stereocenters. The Hall–Kier alpha value is -0.0800. The van der Waals surface area contributed by atoms with Gasteiger partial charge in [-0.15, -0.1) is 0 Å². The zero-order chi connectivity index (χ0) is 12.0. The van der Waals surface area contributed by atoms with Crippen LogP contribution in [-0.4, -0.2) is 48.1 Å². The quantitative estimate of drug-likeness (QED) is 0.687. The minimum atomic E-state index is 0.863. The summed E-state index contributed by atoms with van der Waals surface area (Å²) in [5, 5.41) is 0. The minimum absolute atomic E-state index is 0.863. The van der Waals surface area contributed by atoms with Crippen LogP contribution in [0, 0.1) is 0 Å². The lowest BCUT2D eigenvalue weighted by molar-refractivity contribution is 0.107. The predicted octanol–water partition coefficient (Wildman–Crippen LogP) is 2.98. The first-order valence-corrected chi connectivity index (χ1v) is 7.24. The van der Waals surface area contributed by atoms with Crippen LogP contribution in [0.15, 0.2) is 0 Å². The van der Waals surface area contributed by atoms with Gasteiger partial charge in [-0.1, -0.05) is 27.7 Å². The first-order valence-electron chi connectivity index (χ1n) is 7.24. The van der Waals surface area contributed by atoms with Crippen molar-refractivity contribution >= 4 is 0 Å². The van der Waals surface area contributed by atoms with Gasteiger partial charge in [0.15, 0.2) is 0 Å². The third kappa shape index (κ3) is 3.46. The van der Waals surface area contributed by atoms with Gasteiger partial charge in [0, 0.05) is 12.1 Å². The zero-order valence-corrected chi connectivity index (χ0v) is 11.7. The van der Waals surface area contributed by atoms with Crippen molar-refractivity contribution < 1.29 is 0 Å². The molecule has 1 rings (SSSR count). The Morgan fingerprint density at radius 1 is 0.625 bits per heavy atom. The highest BCUT2D eigenvalue weighted by Crippen LogP contribution is 2.26. The lowest BCUT2D eigenvalue weighted by Gasteiger charge is -2.39. The Kier molecular flexibility index (Phi) is 6.37. The summed E-state index contributed by atoms with van der Waals surface area (Å²) in [6.07, 6.45) is 5.62. The topological polar surface area (TPSA) is 6.48 Å². The van der Waals surface area contributed by atoms with E-state index < -0.39 is 0 Å². The molecule has 1 aliphatic carbocycles. The molecule has 0 bridgehead atoms. The van der Waals surface area contributed by atoms with Crippen molar-refractivity contribution in [3.8, 4) is 0 Å². The van der Waals surface area contributed by atoms with Gasteiger partial charge in [-0.2, -0.15) is 0 Å². The fourth-order valence-electron chi connectivity index (χ4n) is 3.27.